The molecule has 0 saturated heterocycles. The normalized spacial score (nSPS) is 11.9. The fourth-order valence-electron chi connectivity index (χ4n) is 2.42. The number of carbonyl (C=O) groups excluding carboxylic acids is 2. The van der Waals surface area contributed by atoms with Crippen LogP contribution in [-0.2, 0) is 16.0 Å². The molecule has 0 aliphatic heterocycles. The fourth-order valence-corrected chi connectivity index (χ4v) is 2.42. The van der Waals surface area contributed by atoms with Gasteiger partial charge in [-0.2, -0.15) is 0 Å². The van der Waals surface area contributed by atoms with Crippen LogP contribution in [0.4, 0.5) is 5.69 Å². The second-order valence-electron chi connectivity index (χ2n) is 5.74. The molecule has 2 aromatic carbocycles. The first kappa shape index (κ1) is 16.8. The van der Waals surface area contributed by atoms with Crippen molar-refractivity contribution in [3.8, 4) is 0 Å². The molecule has 1 amide bonds. The highest BCUT2D eigenvalue weighted by Gasteiger charge is 2.21. The largest absolute Gasteiger partial charge is 0.449 e. The van der Waals surface area contributed by atoms with Crippen LogP contribution >= 0.6 is 0 Å². The molecule has 5 heteroatoms. The Labute approximate surface area is 145 Å². The van der Waals surface area contributed by atoms with Crippen molar-refractivity contribution < 1.29 is 18.7 Å². The van der Waals surface area contributed by atoms with Crippen LogP contribution < -0.4 is 5.32 Å². The van der Waals surface area contributed by atoms with Gasteiger partial charge in [-0.05, 0) is 43.2 Å². The molecule has 0 aliphatic rings. The fraction of sp³-hybridized carbons (Fsp3) is 0.200. The Morgan fingerprint density at radius 3 is 2.52 bits per heavy atom. The molecule has 1 N–H and O–H groups in total. The maximum atomic E-state index is 12.2. The zero-order valence-corrected chi connectivity index (χ0v) is 14.1. The molecule has 3 aromatic rings. The van der Waals surface area contributed by atoms with Gasteiger partial charge in [-0.15, -0.1) is 0 Å². The lowest BCUT2D eigenvalue weighted by molar-refractivity contribution is -0.123. The summed E-state index contributed by atoms with van der Waals surface area (Å²) in [5.74, 6) is -0.984. The third-order valence-corrected chi connectivity index (χ3v) is 3.91. The zero-order valence-electron chi connectivity index (χ0n) is 14.1. The molecule has 0 unspecified atom stereocenters. The first-order chi connectivity index (χ1) is 12.1. The number of amides is 1. The van der Waals surface area contributed by atoms with Gasteiger partial charge in [0, 0.05) is 11.1 Å². The Morgan fingerprint density at radius 2 is 1.84 bits per heavy atom. The van der Waals surface area contributed by atoms with E-state index in [1.807, 2.05) is 42.5 Å². The summed E-state index contributed by atoms with van der Waals surface area (Å²) >= 11 is 0. The molecule has 1 atom stereocenters. The van der Waals surface area contributed by atoms with E-state index in [-0.39, 0.29) is 5.76 Å². The van der Waals surface area contributed by atoms with E-state index in [0.717, 1.165) is 11.8 Å². The lowest BCUT2D eigenvalue weighted by Crippen LogP contribution is -2.29. The molecule has 5 nitrogen and oxygen atoms in total. The average Bonchev–Trinajstić information content (AvgIpc) is 3.06. The van der Waals surface area contributed by atoms with Crippen molar-refractivity contribution in [1.82, 2.24) is 0 Å². The van der Waals surface area contributed by atoms with E-state index in [1.165, 1.54) is 12.5 Å². The van der Waals surface area contributed by atoms with E-state index >= 15 is 0 Å². The van der Waals surface area contributed by atoms with Crippen molar-refractivity contribution in [2.75, 3.05) is 5.32 Å². The minimum atomic E-state index is -0.938. The van der Waals surface area contributed by atoms with Gasteiger partial charge in [0.1, 0.15) is 5.58 Å². The maximum absolute atomic E-state index is 12.2. The molecule has 1 heterocycles. The first-order valence-corrected chi connectivity index (χ1v) is 8.16. The van der Waals surface area contributed by atoms with Crippen molar-refractivity contribution in [3.63, 3.8) is 0 Å². The second-order valence-corrected chi connectivity index (χ2v) is 5.74. The van der Waals surface area contributed by atoms with Gasteiger partial charge in [-0.25, -0.2) is 4.79 Å². The smallest absolute Gasteiger partial charge is 0.375 e. The Hall–Kier alpha value is -3.08. The van der Waals surface area contributed by atoms with E-state index in [2.05, 4.69) is 12.2 Å². The van der Waals surface area contributed by atoms with E-state index in [9.17, 15) is 9.59 Å². The highest BCUT2D eigenvalue weighted by molar-refractivity contribution is 5.97. The Morgan fingerprint density at radius 1 is 1.12 bits per heavy atom. The molecule has 0 radical (unpaired) electrons. The maximum Gasteiger partial charge on any atom is 0.375 e. The van der Waals surface area contributed by atoms with Gasteiger partial charge >= 0.3 is 5.97 Å². The van der Waals surface area contributed by atoms with Crippen molar-refractivity contribution in [3.05, 3.63) is 65.9 Å². The predicted octanol–water partition coefficient (Wildman–Crippen LogP) is 4.18. The van der Waals surface area contributed by atoms with Crippen LogP contribution in [0.5, 0.6) is 0 Å². The third-order valence-electron chi connectivity index (χ3n) is 3.91. The standard InChI is InChI=1S/C20H19NO4/c1-3-14-8-10-16(11-9-14)21-19(22)13(2)24-20(23)18-12-15-6-4-5-7-17(15)25-18/h4-13H,3H2,1-2H3,(H,21,22)/t13-/m0/s1. The number of para-hydroxylation sites is 1. The minimum absolute atomic E-state index is 0.0770. The molecule has 0 spiro atoms. The minimum Gasteiger partial charge on any atom is -0.449 e. The SMILES string of the molecule is CCc1ccc(NC(=O)[C@H](C)OC(=O)c2cc3ccccc3o2)cc1. The van der Waals surface area contributed by atoms with Crippen molar-refractivity contribution >= 4 is 28.5 Å². The Kier molecular flexibility index (Phi) is 4.84. The first-order valence-electron chi connectivity index (χ1n) is 8.16. The summed E-state index contributed by atoms with van der Waals surface area (Å²) in [6.07, 6.45) is -0.00807. The van der Waals surface area contributed by atoms with Crippen LogP contribution in [0.2, 0.25) is 0 Å². The zero-order chi connectivity index (χ0) is 17.8. The van der Waals surface area contributed by atoms with Crippen molar-refractivity contribution in [1.29, 1.82) is 0 Å². The van der Waals surface area contributed by atoms with Gasteiger partial charge in [-0.3, -0.25) is 4.79 Å². The number of benzene rings is 2. The van der Waals surface area contributed by atoms with Gasteiger partial charge in [0.2, 0.25) is 5.76 Å². The Bertz CT molecular complexity index is 862. The number of aryl methyl sites for hydroxylation is 1. The van der Waals surface area contributed by atoms with Crippen LogP contribution in [0.25, 0.3) is 11.0 Å². The summed E-state index contributed by atoms with van der Waals surface area (Å²) in [5.41, 5.74) is 2.44. The van der Waals surface area contributed by atoms with E-state index in [0.29, 0.717) is 11.3 Å². The van der Waals surface area contributed by atoms with Gasteiger partial charge < -0.3 is 14.5 Å². The summed E-state index contributed by atoms with van der Waals surface area (Å²) in [6.45, 7) is 3.59. The molecule has 25 heavy (non-hydrogen) atoms. The number of esters is 1. The highest BCUT2D eigenvalue weighted by Crippen LogP contribution is 2.20. The van der Waals surface area contributed by atoms with Gasteiger partial charge in [0.05, 0.1) is 0 Å². The molecular formula is C20H19NO4. The van der Waals surface area contributed by atoms with Gasteiger partial charge in [-0.1, -0.05) is 37.3 Å². The number of ether oxygens (including phenoxy) is 1. The monoisotopic (exact) mass is 337 g/mol. The van der Waals surface area contributed by atoms with Crippen molar-refractivity contribution in [2.45, 2.75) is 26.4 Å². The average molecular weight is 337 g/mol. The van der Waals surface area contributed by atoms with Crippen molar-refractivity contribution in [2.24, 2.45) is 0 Å². The predicted molar refractivity (Wildman–Crippen MR) is 95.5 cm³/mol. The third kappa shape index (κ3) is 3.88. The number of hydrogen-bond donors (Lipinski definition) is 1. The van der Waals surface area contributed by atoms with E-state index in [4.69, 9.17) is 9.15 Å². The summed E-state index contributed by atoms with van der Waals surface area (Å²) in [6, 6.07) is 16.4. The number of carbonyl (C=O) groups is 2. The molecule has 0 aliphatic carbocycles. The molecule has 3 rings (SSSR count). The van der Waals surface area contributed by atoms with Crippen LogP contribution in [0.1, 0.15) is 30.0 Å². The van der Waals surface area contributed by atoms with E-state index < -0.39 is 18.0 Å². The van der Waals surface area contributed by atoms with Gasteiger partial charge in [0.15, 0.2) is 6.10 Å². The Balaban J connectivity index is 1.62. The molecule has 128 valence electrons. The number of nitrogens with one attached hydrogen (secondary N) is 1. The van der Waals surface area contributed by atoms with E-state index in [1.54, 1.807) is 12.1 Å². The summed E-state index contributed by atoms with van der Waals surface area (Å²) in [7, 11) is 0. The van der Waals surface area contributed by atoms with Crippen LogP contribution in [0.15, 0.2) is 59.0 Å². The van der Waals surface area contributed by atoms with Crippen LogP contribution in [-0.4, -0.2) is 18.0 Å². The molecular weight excluding hydrogens is 318 g/mol. The molecule has 1 aromatic heterocycles. The second kappa shape index (κ2) is 7.21. The number of anilines is 1. The number of hydrogen-bond acceptors (Lipinski definition) is 4. The number of rotatable bonds is 5. The highest BCUT2D eigenvalue weighted by atomic mass is 16.6. The lowest BCUT2D eigenvalue weighted by atomic mass is 10.1. The van der Waals surface area contributed by atoms with Gasteiger partial charge in [0.25, 0.3) is 5.91 Å². The van der Waals surface area contributed by atoms with Crippen LogP contribution in [0, 0.1) is 0 Å². The molecule has 0 bridgehead atoms. The van der Waals surface area contributed by atoms with Crippen LogP contribution in [0.3, 0.4) is 0 Å². The molecule has 0 saturated carbocycles. The lowest BCUT2D eigenvalue weighted by Gasteiger charge is -2.13. The summed E-state index contributed by atoms with van der Waals surface area (Å²) < 4.78 is 10.6. The summed E-state index contributed by atoms with van der Waals surface area (Å²) in [5, 5.41) is 3.54. The number of fused-ring (bicyclic) bond motifs is 1. The summed E-state index contributed by atoms with van der Waals surface area (Å²) in [4.78, 5) is 24.4. The number of furan rings is 1. The topological polar surface area (TPSA) is 68.5 Å². The molecule has 0 fully saturated rings. The quantitative estimate of drug-likeness (QED) is 0.709.